The number of ether oxygens (including phenoxy) is 2. The highest BCUT2D eigenvalue weighted by Crippen LogP contribution is 2.28. The number of hydrogen-bond acceptors (Lipinski definition) is 5. The quantitative estimate of drug-likeness (QED) is 0.281. The van der Waals surface area contributed by atoms with Crippen molar-refractivity contribution in [1.82, 2.24) is 5.32 Å². The van der Waals surface area contributed by atoms with E-state index in [-0.39, 0.29) is 12.5 Å². The predicted octanol–water partition coefficient (Wildman–Crippen LogP) is 1.74. The van der Waals surface area contributed by atoms with Gasteiger partial charge in [-0.15, -0.1) is 0 Å². The van der Waals surface area contributed by atoms with Crippen LogP contribution in [0, 0.1) is 0 Å². The fraction of sp³-hybridized carbons (Fsp3) is 0.462. The minimum atomic E-state index is -0.570. The Morgan fingerprint density at radius 2 is 2.50 bits per heavy atom. The Labute approximate surface area is 116 Å². The van der Waals surface area contributed by atoms with Crippen molar-refractivity contribution in [2.45, 2.75) is 12.5 Å². The SMILES string of the molecule is COC(=O)C(NCCN=[N+]=[N-])c1ccc2c(c1)CCO2. The van der Waals surface area contributed by atoms with Crippen LogP contribution >= 0.6 is 0 Å². The van der Waals surface area contributed by atoms with Gasteiger partial charge in [0.25, 0.3) is 0 Å². The zero-order valence-electron chi connectivity index (χ0n) is 11.2. The van der Waals surface area contributed by atoms with Gasteiger partial charge in [-0.25, -0.2) is 4.79 Å². The molecule has 2 rings (SSSR count). The molecule has 7 nitrogen and oxygen atoms in total. The van der Waals surface area contributed by atoms with Gasteiger partial charge in [0.05, 0.1) is 13.7 Å². The number of methoxy groups -OCH3 is 1. The lowest BCUT2D eigenvalue weighted by molar-refractivity contribution is -0.143. The number of benzene rings is 1. The topological polar surface area (TPSA) is 96.3 Å². The highest BCUT2D eigenvalue weighted by atomic mass is 16.5. The van der Waals surface area contributed by atoms with Gasteiger partial charge in [-0.05, 0) is 28.8 Å². The Morgan fingerprint density at radius 3 is 3.25 bits per heavy atom. The molecule has 1 atom stereocenters. The van der Waals surface area contributed by atoms with Crippen LogP contribution in [0.3, 0.4) is 0 Å². The molecule has 0 fully saturated rings. The predicted molar refractivity (Wildman–Crippen MR) is 72.4 cm³/mol. The van der Waals surface area contributed by atoms with Crippen LogP contribution in [0.15, 0.2) is 23.3 Å². The molecule has 1 aromatic carbocycles. The van der Waals surface area contributed by atoms with Crippen LogP contribution < -0.4 is 10.1 Å². The Morgan fingerprint density at radius 1 is 1.65 bits per heavy atom. The largest absolute Gasteiger partial charge is 0.493 e. The summed E-state index contributed by atoms with van der Waals surface area (Å²) >= 11 is 0. The van der Waals surface area contributed by atoms with E-state index in [0.717, 1.165) is 23.3 Å². The van der Waals surface area contributed by atoms with Gasteiger partial charge in [0.2, 0.25) is 0 Å². The average Bonchev–Trinajstić information content (AvgIpc) is 2.94. The highest BCUT2D eigenvalue weighted by molar-refractivity contribution is 5.77. The van der Waals surface area contributed by atoms with Crippen LogP contribution in [0.1, 0.15) is 17.2 Å². The molecule has 0 bridgehead atoms. The highest BCUT2D eigenvalue weighted by Gasteiger charge is 2.22. The lowest BCUT2D eigenvalue weighted by atomic mass is 10.0. The van der Waals surface area contributed by atoms with E-state index in [9.17, 15) is 4.79 Å². The Balaban J connectivity index is 2.13. The van der Waals surface area contributed by atoms with Crippen molar-refractivity contribution in [2.24, 2.45) is 5.11 Å². The molecule has 20 heavy (non-hydrogen) atoms. The normalized spacial score (nSPS) is 13.8. The van der Waals surface area contributed by atoms with Crippen molar-refractivity contribution in [3.8, 4) is 5.75 Å². The second-order valence-corrected chi connectivity index (χ2v) is 4.33. The van der Waals surface area contributed by atoms with E-state index in [1.54, 1.807) is 0 Å². The van der Waals surface area contributed by atoms with Gasteiger partial charge in [0.15, 0.2) is 0 Å². The third kappa shape index (κ3) is 3.20. The third-order valence-corrected chi connectivity index (χ3v) is 3.11. The Bertz CT molecular complexity index is 540. The first-order chi connectivity index (χ1) is 9.76. The molecule has 1 aliphatic heterocycles. The molecule has 1 aromatic rings. The second-order valence-electron chi connectivity index (χ2n) is 4.33. The van der Waals surface area contributed by atoms with Gasteiger partial charge in [-0.1, -0.05) is 11.2 Å². The molecular weight excluding hydrogens is 260 g/mol. The summed E-state index contributed by atoms with van der Waals surface area (Å²) in [6.07, 6.45) is 0.843. The summed E-state index contributed by atoms with van der Waals surface area (Å²) in [5.41, 5.74) is 10.1. The van der Waals surface area contributed by atoms with E-state index in [2.05, 4.69) is 15.3 Å². The fourth-order valence-corrected chi connectivity index (χ4v) is 2.14. The fourth-order valence-electron chi connectivity index (χ4n) is 2.14. The summed E-state index contributed by atoms with van der Waals surface area (Å²) in [5, 5.41) is 6.46. The van der Waals surface area contributed by atoms with Crippen molar-refractivity contribution in [2.75, 3.05) is 26.8 Å². The molecule has 0 spiro atoms. The molecule has 0 amide bonds. The Kier molecular flexibility index (Phi) is 4.81. The molecule has 0 aliphatic carbocycles. The number of azide groups is 1. The van der Waals surface area contributed by atoms with Crippen molar-refractivity contribution < 1.29 is 14.3 Å². The molecule has 106 valence electrons. The number of carbonyl (C=O) groups is 1. The minimum Gasteiger partial charge on any atom is -0.493 e. The number of carbonyl (C=O) groups excluding carboxylic acids is 1. The van der Waals surface area contributed by atoms with E-state index in [0.29, 0.717) is 13.2 Å². The van der Waals surface area contributed by atoms with Crippen LogP contribution in [-0.4, -0.2) is 32.8 Å². The van der Waals surface area contributed by atoms with Crippen molar-refractivity contribution in [3.05, 3.63) is 39.8 Å². The maximum absolute atomic E-state index is 11.9. The molecule has 0 saturated heterocycles. The van der Waals surface area contributed by atoms with Crippen LogP contribution in [0.4, 0.5) is 0 Å². The summed E-state index contributed by atoms with van der Waals surface area (Å²) < 4.78 is 10.2. The van der Waals surface area contributed by atoms with Crippen molar-refractivity contribution >= 4 is 5.97 Å². The lowest BCUT2D eigenvalue weighted by Gasteiger charge is -2.17. The van der Waals surface area contributed by atoms with Gasteiger partial charge in [-0.3, -0.25) is 0 Å². The molecule has 0 saturated carbocycles. The summed E-state index contributed by atoms with van der Waals surface area (Å²) in [5.74, 6) is 0.497. The average molecular weight is 276 g/mol. The molecule has 7 heteroatoms. The number of hydrogen-bond donors (Lipinski definition) is 1. The van der Waals surface area contributed by atoms with Gasteiger partial charge in [-0.2, -0.15) is 0 Å². The maximum atomic E-state index is 11.9. The van der Waals surface area contributed by atoms with Crippen LogP contribution in [0.25, 0.3) is 10.4 Å². The summed E-state index contributed by atoms with van der Waals surface area (Å²) in [6, 6.07) is 5.08. The van der Waals surface area contributed by atoms with E-state index in [1.165, 1.54) is 7.11 Å². The number of nitrogens with one attached hydrogen (secondary N) is 1. The second kappa shape index (κ2) is 6.79. The lowest BCUT2D eigenvalue weighted by Crippen LogP contribution is -2.31. The molecule has 1 unspecified atom stereocenters. The van der Waals surface area contributed by atoms with Gasteiger partial charge in [0, 0.05) is 24.4 Å². The van der Waals surface area contributed by atoms with E-state index >= 15 is 0 Å². The third-order valence-electron chi connectivity index (χ3n) is 3.11. The maximum Gasteiger partial charge on any atom is 0.327 e. The molecular formula is C13H16N4O3. The standard InChI is InChI=1S/C13H16N4O3/c1-19-13(18)12(15-5-6-16-17-14)10-2-3-11-9(8-10)4-7-20-11/h2-3,8,12,15H,4-7H2,1H3. The monoisotopic (exact) mass is 276 g/mol. The number of rotatable bonds is 6. The van der Waals surface area contributed by atoms with E-state index in [4.69, 9.17) is 15.0 Å². The zero-order valence-corrected chi connectivity index (χ0v) is 11.2. The van der Waals surface area contributed by atoms with Crippen LogP contribution in [-0.2, 0) is 16.0 Å². The van der Waals surface area contributed by atoms with Gasteiger partial charge in [0.1, 0.15) is 11.8 Å². The smallest absolute Gasteiger partial charge is 0.327 e. The van der Waals surface area contributed by atoms with Crippen molar-refractivity contribution in [3.63, 3.8) is 0 Å². The minimum absolute atomic E-state index is 0.276. The van der Waals surface area contributed by atoms with E-state index in [1.807, 2.05) is 18.2 Å². The summed E-state index contributed by atoms with van der Waals surface area (Å²) in [4.78, 5) is 14.5. The summed E-state index contributed by atoms with van der Waals surface area (Å²) in [6.45, 7) is 1.35. The molecule has 0 radical (unpaired) electrons. The van der Waals surface area contributed by atoms with Crippen molar-refractivity contribution in [1.29, 1.82) is 0 Å². The summed E-state index contributed by atoms with van der Waals surface area (Å²) in [7, 11) is 1.35. The first-order valence-corrected chi connectivity index (χ1v) is 6.34. The number of nitrogens with zero attached hydrogens (tertiary/aromatic N) is 3. The number of fused-ring (bicyclic) bond motifs is 1. The van der Waals surface area contributed by atoms with Crippen LogP contribution in [0.5, 0.6) is 5.75 Å². The first kappa shape index (κ1) is 14.2. The molecule has 0 aromatic heterocycles. The zero-order chi connectivity index (χ0) is 14.4. The Hall–Kier alpha value is -2.24. The first-order valence-electron chi connectivity index (χ1n) is 6.34. The van der Waals surface area contributed by atoms with E-state index < -0.39 is 6.04 Å². The van der Waals surface area contributed by atoms with Gasteiger partial charge < -0.3 is 14.8 Å². The molecule has 1 N–H and O–H groups in total. The number of esters is 1. The van der Waals surface area contributed by atoms with Crippen LogP contribution in [0.2, 0.25) is 0 Å². The van der Waals surface area contributed by atoms with Gasteiger partial charge >= 0.3 is 5.97 Å². The molecule has 1 aliphatic rings. The molecule has 1 heterocycles.